The van der Waals surface area contributed by atoms with Gasteiger partial charge in [-0.1, -0.05) is 0 Å². The van der Waals surface area contributed by atoms with Crippen molar-refractivity contribution in [1.82, 2.24) is 29.7 Å². The van der Waals surface area contributed by atoms with Crippen LogP contribution in [0.5, 0.6) is 0 Å². The molecule has 0 radical (unpaired) electrons. The average Bonchev–Trinajstić information content (AvgIpc) is 3.16. The van der Waals surface area contributed by atoms with Crippen molar-refractivity contribution < 1.29 is 18.4 Å². The molecule has 3 rings (SSSR count). The van der Waals surface area contributed by atoms with E-state index in [2.05, 4.69) is 25.8 Å². The lowest BCUT2D eigenvalue weighted by atomic mass is 10.2. The predicted molar refractivity (Wildman–Crippen MR) is 87.2 cm³/mol. The number of nitrogens with zero attached hydrogens (tertiary/aromatic N) is 5. The van der Waals surface area contributed by atoms with Gasteiger partial charge in [-0.2, -0.15) is 10.2 Å². The number of rotatable bonds is 4. The van der Waals surface area contributed by atoms with E-state index in [1.54, 1.807) is 14.0 Å². The van der Waals surface area contributed by atoms with Gasteiger partial charge in [0.25, 0.3) is 18.2 Å². The van der Waals surface area contributed by atoms with Crippen LogP contribution in [0, 0.1) is 6.92 Å². The molecule has 0 saturated heterocycles. The fraction of sp³-hybridized carbons (Fsp3) is 0.267. The van der Waals surface area contributed by atoms with E-state index in [-0.39, 0.29) is 28.3 Å². The Morgan fingerprint density at radius 1 is 1.27 bits per heavy atom. The van der Waals surface area contributed by atoms with Gasteiger partial charge in [-0.15, -0.1) is 0 Å². The summed E-state index contributed by atoms with van der Waals surface area (Å²) in [6.45, 7) is 1.55. The summed E-state index contributed by atoms with van der Waals surface area (Å²) in [6, 6.07) is 1.21. The molecule has 0 aliphatic carbocycles. The molecule has 0 saturated carbocycles. The van der Waals surface area contributed by atoms with E-state index in [0.29, 0.717) is 5.69 Å². The number of nitrogens with one attached hydrogen (secondary N) is 2. The van der Waals surface area contributed by atoms with E-state index < -0.39 is 18.2 Å². The third-order valence-corrected chi connectivity index (χ3v) is 3.61. The van der Waals surface area contributed by atoms with Gasteiger partial charge in [-0.05, 0) is 13.0 Å². The van der Waals surface area contributed by atoms with E-state index >= 15 is 0 Å². The van der Waals surface area contributed by atoms with E-state index in [4.69, 9.17) is 0 Å². The maximum atomic E-state index is 13.2. The summed E-state index contributed by atoms with van der Waals surface area (Å²) in [5.74, 6) is -1.12. The number of hydrogen-bond donors (Lipinski definition) is 2. The fourth-order valence-corrected chi connectivity index (χ4v) is 2.48. The highest BCUT2D eigenvalue weighted by molar-refractivity contribution is 6.10. The van der Waals surface area contributed by atoms with Crippen LogP contribution in [0.4, 0.5) is 14.5 Å². The number of hydrogen-bond acceptors (Lipinski definition) is 5. The number of fused-ring (bicyclic) bond motifs is 1. The summed E-state index contributed by atoms with van der Waals surface area (Å²) in [5, 5.41) is 12.8. The highest BCUT2D eigenvalue weighted by atomic mass is 19.3. The van der Waals surface area contributed by atoms with Crippen LogP contribution in [0.15, 0.2) is 18.5 Å². The minimum atomic E-state index is -2.77. The number of halogens is 2. The smallest absolute Gasteiger partial charge is 0.280 e. The molecule has 0 spiro atoms. The molecule has 3 aromatic heterocycles. The van der Waals surface area contributed by atoms with Crippen LogP contribution >= 0.6 is 0 Å². The topological polar surface area (TPSA) is 106 Å². The highest BCUT2D eigenvalue weighted by Gasteiger charge is 2.22. The molecule has 136 valence electrons. The maximum absolute atomic E-state index is 13.2. The van der Waals surface area contributed by atoms with Crippen LogP contribution in [0.1, 0.15) is 38.7 Å². The predicted octanol–water partition coefficient (Wildman–Crippen LogP) is 1.32. The Balaban J connectivity index is 2.01. The van der Waals surface area contributed by atoms with Gasteiger partial charge < -0.3 is 10.6 Å². The summed E-state index contributed by atoms with van der Waals surface area (Å²) in [6.07, 6.45) is -0.163. The van der Waals surface area contributed by atoms with Gasteiger partial charge in [0, 0.05) is 26.0 Å². The first-order valence-corrected chi connectivity index (χ1v) is 7.52. The van der Waals surface area contributed by atoms with E-state index in [1.165, 1.54) is 24.0 Å². The Bertz CT molecular complexity index is 1010. The normalized spacial score (nSPS) is 11.2. The van der Waals surface area contributed by atoms with Crippen LogP contribution in [0.25, 0.3) is 5.65 Å². The van der Waals surface area contributed by atoms with Crippen molar-refractivity contribution in [2.24, 2.45) is 7.05 Å². The van der Waals surface area contributed by atoms with Crippen molar-refractivity contribution in [3.8, 4) is 0 Å². The average molecular weight is 363 g/mol. The Morgan fingerprint density at radius 2 is 2.00 bits per heavy atom. The zero-order valence-corrected chi connectivity index (χ0v) is 14.1. The number of anilines is 1. The molecule has 2 N–H and O–H groups in total. The molecule has 9 nitrogen and oxygen atoms in total. The van der Waals surface area contributed by atoms with Crippen molar-refractivity contribution in [2.45, 2.75) is 13.3 Å². The summed E-state index contributed by atoms with van der Waals surface area (Å²) in [5.41, 5.74) is 0.175. The first-order chi connectivity index (χ1) is 12.3. The Kier molecular flexibility index (Phi) is 4.36. The first-order valence-electron chi connectivity index (χ1n) is 7.52. The molecular weight excluding hydrogens is 348 g/mol. The Hall–Kier alpha value is -3.37. The lowest BCUT2D eigenvalue weighted by molar-refractivity contribution is 0.0958. The van der Waals surface area contributed by atoms with Crippen LogP contribution in [-0.2, 0) is 7.05 Å². The third-order valence-electron chi connectivity index (χ3n) is 3.61. The standard InChI is InChI=1S/C15H15F2N7O2/c1-7-4-10(12(16)17)24-13(20-7)8(5-19-24)14(25)21-9-6-23(3)22-11(9)15(26)18-2/h4-6,12H,1-3H3,(H,18,26)(H,21,25). The van der Waals surface area contributed by atoms with Crippen molar-refractivity contribution in [3.63, 3.8) is 0 Å². The zero-order chi connectivity index (χ0) is 19.0. The number of carbonyl (C=O) groups is 2. The van der Waals surface area contributed by atoms with Crippen molar-refractivity contribution in [3.05, 3.63) is 41.1 Å². The second kappa shape index (κ2) is 6.50. The summed E-state index contributed by atoms with van der Waals surface area (Å²) in [7, 11) is 3.03. The second-order valence-corrected chi connectivity index (χ2v) is 5.52. The largest absolute Gasteiger partial charge is 0.354 e. The number of amides is 2. The van der Waals surface area contributed by atoms with Crippen LogP contribution in [0.2, 0.25) is 0 Å². The SMILES string of the molecule is CNC(=O)c1nn(C)cc1NC(=O)c1cnn2c(C(F)F)cc(C)nc12. The zero-order valence-electron chi connectivity index (χ0n) is 14.1. The Morgan fingerprint density at radius 3 is 2.65 bits per heavy atom. The molecular formula is C15H15F2N7O2. The highest BCUT2D eigenvalue weighted by Crippen LogP contribution is 2.22. The number of aromatic nitrogens is 5. The third kappa shape index (κ3) is 2.98. The molecule has 0 bridgehead atoms. The molecule has 3 aromatic rings. The number of carbonyl (C=O) groups excluding carboxylic acids is 2. The number of alkyl halides is 2. The molecule has 2 amide bonds. The monoisotopic (exact) mass is 363 g/mol. The van der Waals surface area contributed by atoms with Crippen molar-refractivity contribution >= 4 is 23.1 Å². The Labute approximate surface area is 146 Å². The van der Waals surface area contributed by atoms with Gasteiger partial charge in [-0.3, -0.25) is 14.3 Å². The van der Waals surface area contributed by atoms with Crippen molar-refractivity contribution in [2.75, 3.05) is 12.4 Å². The summed E-state index contributed by atoms with van der Waals surface area (Å²) >= 11 is 0. The van der Waals surface area contributed by atoms with Crippen molar-refractivity contribution in [1.29, 1.82) is 0 Å². The molecule has 0 unspecified atom stereocenters. The quantitative estimate of drug-likeness (QED) is 0.727. The molecule has 0 atom stereocenters. The lowest BCUT2D eigenvalue weighted by Gasteiger charge is -2.06. The number of aryl methyl sites for hydroxylation is 2. The molecule has 0 fully saturated rings. The molecule has 0 aromatic carbocycles. The second-order valence-electron chi connectivity index (χ2n) is 5.52. The first kappa shape index (κ1) is 17.5. The van der Waals surface area contributed by atoms with Crippen LogP contribution in [0.3, 0.4) is 0 Å². The van der Waals surface area contributed by atoms with Gasteiger partial charge in [0.1, 0.15) is 11.3 Å². The van der Waals surface area contributed by atoms with Gasteiger partial charge in [0.2, 0.25) is 0 Å². The molecule has 11 heteroatoms. The van der Waals surface area contributed by atoms with Gasteiger partial charge >= 0.3 is 0 Å². The molecule has 3 heterocycles. The van der Waals surface area contributed by atoms with Gasteiger partial charge in [0.15, 0.2) is 11.3 Å². The lowest BCUT2D eigenvalue weighted by Crippen LogP contribution is -2.21. The van der Waals surface area contributed by atoms with Gasteiger partial charge in [-0.25, -0.2) is 18.3 Å². The summed E-state index contributed by atoms with van der Waals surface area (Å²) in [4.78, 5) is 28.6. The maximum Gasteiger partial charge on any atom is 0.280 e. The molecule has 26 heavy (non-hydrogen) atoms. The van der Waals surface area contributed by atoms with Gasteiger partial charge in [0.05, 0.1) is 11.9 Å². The molecule has 0 aliphatic heterocycles. The fourth-order valence-electron chi connectivity index (χ4n) is 2.48. The van der Waals surface area contributed by atoms with Crippen LogP contribution in [-0.4, -0.2) is 43.2 Å². The minimum Gasteiger partial charge on any atom is -0.354 e. The van der Waals surface area contributed by atoms with E-state index in [1.807, 2.05) is 0 Å². The van der Waals surface area contributed by atoms with E-state index in [0.717, 1.165) is 10.7 Å². The summed E-state index contributed by atoms with van der Waals surface area (Å²) < 4.78 is 28.6. The van der Waals surface area contributed by atoms with E-state index in [9.17, 15) is 18.4 Å². The molecule has 0 aliphatic rings. The minimum absolute atomic E-state index is 0.00214. The van der Waals surface area contributed by atoms with Crippen LogP contribution < -0.4 is 10.6 Å².